The zero-order valence-corrected chi connectivity index (χ0v) is 14.5. The third kappa shape index (κ3) is 3.40. The van der Waals surface area contributed by atoms with Crippen molar-refractivity contribution in [2.45, 2.75) is 11.4 Å². The van der Waals surface area contributed by atoms with Gasteiger partial charge in [0.1, 0.15) is 5.82 Å². The minimum Gasteiger partial charge on any atom is -0.383 e. The molecule has 0 N–H and O–H groups in total. The summed E-state index contributed by atoms with van der Waals surface area (Å²) in [4.78, 5) is 0.317. The third-order valence-electron chi connectivity index (χ3n) is 3.42. The minimum atomic E-state index is -3.92. The maximum atomic E-state index is 13.0. The molecule has 0 spiro atoms. The van der Waals surface area contributed by atoms with E-state index in [9.17, 15) is 12.8 Å². The summed E-state index contributed by atoms with van der Waals surface area (Å²) in [5.74, 6) is -0.494. The van der Waals surface area contributed by atoms with Gasteiger partial charge in [0.05, 0.1) is 21.7 Å². The Morgan fingerprint density at radius 1 is 1.17 bits per heavy atom. The molecular weight excluding hydrogens is 351 g/mol. The molecule has 2 aromatic carbocycles. The molecule has 5 nitrogen and oxygen atoms in total. The number of fused-ring (bicyclic) bond motifs is 1. The quantitative estimate of drug-likeness (QED) is 0.698. The van der Waals surface area contributed by atoms with E-state index in [0.717, 1.165) is 22.3 Å². The minimum absolute atomic E-state index is 0.0420. The van der Waals surface area contributed by atoms with Gasteiger partial charge < -0.3 is 9.30 Å². The highest BCUT2D eigenvalue weighted by atomic mass is 32.2. The summed E-state index contributed by atoms with van der Waals surface area (Å²) in [5.41, 5.74) is 0.896. The largest absolute Gasteiger partial charge is 0.383 e. The van der Waals surface area contributed by atoms with Gasteiger partial charge in [0, 0.05) is 13.7 Å². The molecule has 8 heteroatoms. The van der Waals surface area contributed by atoms with Crippen LogP contribution in [0.2, 0.25) is 0 Å². The molecule has 0 aliphatic carbocycles. The highest BCUT2D eigenvalue weighted by molar-refractivity contribution is 7.90. The van der Waals surface area contributed by atoms with E-state index >= 15 is 0 Å². The Morgan fingerprint density at radius 3 is 2.58 bits per heavy atom. The maximum absolute atomic E-state index is 13.0. The van der Waals surface area contributed by atoms with Crippen LogP contribution in [0, 0.1) is 5.82 Å². The summed E-state index contributed by atoms with van der Waals surface area (Å²) in [7, 11) is -2.33. The van der Waals surface area contributed by atoms with E-state index in [0.29, 0.717) is 18.0 Å². The van der Waals surface area contributed by atoms with Crippen molar-refractivity contribution in [1.29, 1.82) is 0 Å². The number of para-hydroxylation sites is 1. The van der Waals surface area contributed by atoms with E-state index in [1.54, 1.807) is 7.11 Å². The molecule has 0 radical (unpaired) electrons. The number of hydrogen-bond acceptors (Lipinski definition) is 4. The molecule has 0 atom stereocenters. The second-order valence-corrected chi connectivity index (χ2v) is 7.63. The number of hydrogen-bond donors (Lipinski definition) is 0. The second kappa shape index (κ2) is 6.84. The van der Waals surface area contributed by atoms with Crippen LogP contribution in [0.1, 0.15) is 0 Å². The van der Waals surface area contributed by atoms with Crippen LogP contribution in [0.4, 0.5) is 4.39 Å². The van der Waals surface area contributed by atoms with Gasteiger partial charge in [-0.1, -0.05) is 23.5 Å². The van der Waals surface area contributed by atoms with Gasteiger partial charge in [-0.05, 0) is 36.4 Å². The van der Waals surface area contributed by atoms with Crippen LogP contribution in [0.25, 0.3) is 10.2 Å². The van der Waals surface area contributed by atoms with Gasteiger partial charge >= 0.3 is 0 Å². The first-order chi connectivity index (χ1) is 11.5. The van der Waals surface area contributed by atoms with Crippen molar-refractivity contribution in [3.8, 4) is 0 Å². The SMILES string of the molecule is COCCn1c(=NS(=O)(=O)c2ccc(F)cc2)sc2ccccc21. The zero-order chi connectivity index (χ0) is 17.2. The molecule has 0 amide bonds. The summed E-state index contributed by atoms with van der Waals surface area (Å²) in [5, 5.41) is 0. The molecule has 24 heavy (non-hydrogen) atoms. The van der Waals surface area contributed by atoms with Crippen LogP contribution in [-0.2, 0) is 21.3 Å². The van der Waals surface area contributed by atoms with Gasteiger partial charge in [-0.15, -0.1) is 4.40 Å². The van der Waals surface area contributed by atoms with Gasteiger partial charge in [-0.25, -0.2) is 4.39 Å². The lowest BCUT2D eigenvalue weighted by Crippen LogP contribution is -2.19. The molecule has 1 aromatic heterocycles. The monoisotopic (exact) mass is 366 g/mol. The molecule has 0 unspecified atom stereocenters. The predicted molar refractivity (Wildman–Crippen MR) is 90.8 cm³/mol. The van der Waals surface area contributed by atoms with Crippen LogP contribution in [0.15, 0.2) is 57.8 Å². The van der Waals surface area contributed by atoms with Crippen molar-refractivity contribution in [2.24, 2.45) is 4.40 Å². The van der Waals surface area contributed by atoms with E-state index in [1.807, 2.05) is 28.8 Å². The molecule has 0 bridgehead atoms. The van der Waals surface area contributed by atoms with E-state index in [4.69, 9.17) is 4.74 Å². The normalized spacial score (nSPS) is 12.8. The Morgan fingerprint density at radius 2 is 1.88 bits per heavy atom. The van der Waals surface area contributed by atoms with E-state index in [-0.39, 0.29) is 4.90 Å². The maximum Gasteiger partial charge on any atom is 0.285 e. The van der Waals surface area contributed by atoms with Crippen molar-refractivity contribution in [1.82, 2.24) is 4.57 Å². The summed E-state index contributed by atoms with van der Waals surface area (Å²) < 4.78 is 49.8. The molecule has 0 saturated carbocycles. The smallest absolute Gasteiger partial charge is 0.285 e. The number of nitrogens with zero attached hydrogens (tertiary/aromatic N) is 2. The number of halogens is 1. The second-order valence-electron chi connectivity index (χ2n) is 5.02. The summed E-state index contributed by atoms with van der Waals surface area (Å²) in [6.45, 7) is 0.919. The Balaban J connectivity index is 2.16. The van der Waals surface area contributed by atoms with E-state index < -0.39 is 15.8 Å². The Hall–Kier alpha value is -2.03. The fraction of sp³-hybridized carbons (Fsp3) is 0.188. The Kier molecular flexibility index (Phi) is 4.79. The fourth-order valence-corrected chi connectivity index (χ4v) is 4.51. The lowest BCUT2D eigenvalue weighted by molar-refractivity contribution is 0.187. The van der Waals surface area contributed by atoms with Crippen LogP contribution in [-0.4, -0.2) is 26.7 Å². The molecule has 0 saturated heterocycles. The average molecular weight is 366 g/mol. The van der Waals surface area contributed by atoms with Gasteiger partial charge in [0.25, 0.3) is 10.0 Å². The summed E-state index contributed by atoms with van der Waals surface area (Å²) in [6, 6.07) is 12.2. The number of benzene rings is 2. The molecule has 126 valence electrons. The van der Waals surface area contributed by atoms with Gasteiger partial charge in [-0.2, -0.15) is 8.42 Å². The van der Waals surface area contributed by atoms with Crippen LogP contribution < -0.4 is 4.80 Å². The number of aromatic nitrogens is 1. The number of rotatable bonds is 5. The highest BCUT2D eigenvalue weighted by Crippen LogP contribution is 2.18. The fourth-order valence-electron chi connectivity index (χ4n) is 2.25. The van der Waals surface area contributed by atoms with Gasteiger partial charge in [-0.3, -0.25) is 0 Å². The topological polar surface area (TPSA) is 60.7 Å². The van der Waals surface area contributed by atoms with Crippen molar-refractivity contribution in [3.05, 3.63) is 59.1 Å². The number of ether oxygens (including phenoxy) is 1. The number of sulfonamides is 1. The lowest BCUT2D eigenvalue weighted by atomic mass is 10.3. The summed E-state index contributed by atoms with van der Waals surface area (Å²) >= 11 is 1.29. The zero-order valence-electron chi connectivity index (χ0n) is 12.8. The average Bonchev–Trinajstić information content (AvgIpc) is 2.89. The molecule has 3 rings (SSSR count). The Labute approximate surface area is 142 Å². The first-order valence-corrected chi connectivity index (χ1v) is 9.41. The molecular formula is C16H15FN2O3S2. The highest BCUT2D eigenvalue weighted by Gasteiger charge is 2.14. The van der Waals surface area contributed by atoms with Crippen molar-refractivity contribution >= 4 is 31.6 Å². The van der Waals surface area contributed by atoms with Gasteiger partial charge in [0.15, 0.2) is 0 Å². The van der Waals surface area contributed by atoms with Crippen molar-refractivity contribution in [3.63, 3.8) is 0 Å². The first-order valence-electron chi connectivity index (χ1n) is 7.15. The standard InChI is InChI=1S/C16H15FN2O3S2/c1-22-11-10-19-14-4-2-3-5-15(14)23-16(19)18-24(20,21)13-8-6-12(17)7-9-13/h2-9H,10-11H2,1H3. The van der Waals surface area contributed by atoms with Crippen LogP contribution in [0.5, 0.6) is 0 Å². The number of methoxy groups -OCH3 is 1. The molecule has 1 heterocycles. The molecule has 0 aliphatic rings. The predicted octanol–water partition coefficient (Wildman–Crippen LogP) is 2.78. The molecule has 0 aliphatic heterocycles. The van der Waals surface area contributed by atoms with E-state index in [1.165, 1.54) is 23.5 Å². The molecule has 3 aromatic rings. The molecule has 0 fully saturated rings. The van der Waals surface area contributed by atoms with Gasteiger partial charge in [0.2, 0.25) is 4.80 Å². The Bertz CT molecular complexity index is 1020. The van der Waals surface area contributed by atoms with Crippen LogP contribution >= 0.6 is 11.3 Å². The van der Waals surface area contributed by atoms with E-state index in [2.05, 4.69) is 4.40 Å². The summed E-state index contributed by atoms with van der Waals surface area (Å²) in [6.07, 6.45) is 0. The first kappa shape index (κ1) is 16.8. The van der Waals surface area contributed by atoms with Crippen LogP contribution in [0.3, 0.4) is 0 Å². The van der Waals surface area contributed by atoms with Crippen molar-refractivity contribution in [2.75, 3.05) is 13.7 Å². The van der Waals surface area contributed by atoms with Crippen molar-refractivity contribution < 1.29 is 17.5 Å². The lowest BCUT2D eigenvalue weighted by Gasteiger charge is -2.04. The number of thiazole rings is 1. The third-order valence-corrected chi connectivity index (χ3v) is 5.87.